The Morgan fingerprint density at radius 1 is 1.12 bits per heavy atom. The van der Waals surface area contributed by atoms with E-state index in [0.29, 0.717) is 6.54 Å². The fourth-order valence-electron chi connectivity index (χ4n) is 2.91. The second-order valence-corrected chi connectivity index (χ2v) is 8.68. The van der Waals surface area contributed by atoms with Gasteiger partial charge in [-0.25, -0.2) is 12.8 Å². The number of hydrogen-bond acceptors (Lipinski definition) is 3. The van der Waals surface area contributed by atoms with Gasteiger partial charge in [-0.2, -0.15) is 4.31 Å². The maximum Gasteiger partial charge on any atom is 0.243 e. The highest BCUT2D eigenvalue weighted by Gasteiger charge is 2.44. The van der Waals surface area contributed by atoms with Crippen LogP contribution in [0.15, 0.2) is 59.5 Å². The lowest BCUT2D eigenvalue weighted by molar-refractivity contribution is -0.121. The zero-order valence-electron chi connectivity index (χ0n) is 14.5. The minimum atomic E-state index is -3.84. The molecule has 1 aliphatic carbocycles. The average Bonchev–Trinajstić information content (AvgIpc) is 3.42. The molecule has 0 heterocycles. The van der Waals surface area contributed by atoms with E-state index >= 15 is 0 Å². The van der Waals surface area contributed by atoms with E-state index in [4.69, 9.17) is 0 Å². The first kappa shape index (κ1) is 18.5. The first-order chi connectivity index (χ1) is 12.3. The highest BCUT2D eigenvalue weighted by atomic mass is 32.2. The van der Waals surface area contributed by atoms with Crippen molar-refractivity contribution in [1.82, 2.24) is 9.62 Å². The number of halogens is 1. The van der Waals surface area contributed by atoms with Crippen LogP contribution in [0.1, 0.15) is 18.4 Å². The third kappa shape index (κ3) is 3.94. The van der Waals surface area contributed by atoms with E-state index < -0.39 is 15.8 Å². The van der Waals surface area contributed by atoms with E-state index in [9.17, 15) is 17.6 Å². The molecule has 2 aromatic carbocycles. The molecule has 0 bridgehead atoms. The van der Waals surface area contributed by atoms with Gasteiger partial charge in [-0.05, 0) is 42.7 Å². The van der Waals surface area contributed by atoms with E-state index in [1.165, 1.54) is 24.7 Å². The number of sulfonamides is 1. The molecule has 5 nitrogen and oxygen atoms in total. The van der Waals surface area contributed by atoms with Crippen molar-refractivity contribution in [3.63, 3.8) is 0 Å². The standard InChI is InChI=1S/C19H21FN2O3S/c1-22(26(24,25)17-9-7-16(20)8-10-17)13-18(23)21-14-19(11-12-19)15-5-3-2-4-6-15/h2-10H,11-14H2,1H3,(H,21,23). The van der Waals surface area contributed by atoms with Crippen LogP contribution in [0, 0.1) is 5.82 Å². The maximum atomic E-state index is 13.0. The lowest BCUT2D eigenvalue weighted by Gasteiger charge is -2.19. The molecule has 138 valence electrons. The highest BCUT2D eigenvalue weighted by Crippen LogP contribution is 2.47. The summed E-state index contributed by atoms with van der Waals surface area (Å²) in [6, 6.07) is 14.5. The maximum absolute atomic E-state index is 13.0. The number of amides is 1. The van der Waals surface area contributed by atoms with Crippen LogP contribution in [0.3, 0.4) is 0 Å². The Kier molecular flexibility index (Phi) is 5.11. The summed E-state index contributed by atoms with van der Waals surface area (Å²) in [6.07, 6.45) is 2.00. The molecule has 3 rings (SSSR count). The second kappa shape index (κ2) is 7.17. The van der Waals surface area contributed by atoms with Gasteiger partial charge in [0.15, 0.2) is 0 Å². The zero-order valence-corrected chi connectivity index (χ0v) is 15.3. The van der Waals surface area contributed by atoms with E-state index in [-0.39, 0.29) is 22.8 Å². The summed E-state index contributed by atoms with van der Waals surface area (Å²) in [4.78, 5) is 12.2. The molecule has 1 saturated carbocycles. The van der Waals surface area contributed by atoms with E-state index in [0.717, 1.165) is 29.3 Å². The fourth-order valence-corrected chi connectivity index (χ4v) is 4.03. The molecule has 1 N–H and O–H groups in total. The lowest BCUT2D eigenvalue weighted by Crippen LogP contribution is -2.41. The molecule has 1 amide bonds. The molecule has 0 aromatic heterocycles. The Morgan fingerprint density at radius 2 is 1.73 bits per heavy atom. The lowest BCUT2D eigenvalue weighted by atomic mass is 9.96. The predicted octanol–water partition coefficient (Wildman–Crippen LogP) is 2.29. The van der Waals surface area contributed by atoms with Crippen molar-refractivity contribution in [3.8, 4) is 0 Å². The molecule has 0 saturated heterocycles. The van der Waals surface area contributed by atoms with Crippen molar-refractivity contribution in [2.75, 3.05) is 20.1 Å². The first-order valence-corrected chi connectivity index (χ1v) is 9.82. The molecule has 0 radical (unpaired) electrons. The van der Waals surface area contributed by atoms with Gasteiger partial charge in [0.2, 0.25) is 15.9 Å². The number of nitrogens with zero attached hydrogens (tertiary/aromatic N) is 1. The minimum Gasteiger partial charge on any atom is -0.354 e. The largest absolute Gasteiger partial charge is 0.354 e. The Bertz CT molecular complexity index is 879. The molecule has 1 fully saturated rings. The van der Waals surface area contributed by atoms with Crippen molar-refractivity contribution < 1.29 is 17.6 Å². The van der Waals surface area contributed by atoms with Crippen LogP contribution in [-0.2, 0) is 20.2 Å². The Labute approximate surface area is 152 Å². The number of nitrogens with one attached hydrogen (secondary N) is 1. The molecule has 2 aromatic rings. The van der Waals surface area contributed by atoms with Crippen LogP contribution in [0.25, 0.3) is 0 Å². The van der Waals surface area contributed by atoms with Gasteiger partial charge < -0.3 is 5.32 Å². The van der Waals surface area contributed by atoms with Crippen LogP contribution >= 0.6 is 0 Å². The quantitative estimate of drug-likeness (QED) is 0.806. The van der Waals surface area contributed by atoms with Crippen molar-refractivity contribution in [2.45, 2.75) is 23.2 Å². The van der Waals surface area contributed by atoms with Crippen molar-refractivity contribution in [1.29, 1.82) is 0 Å². The smallest absolute Gasteiger partial charge is 0.243 e. The second-order valence-electron chi connectivity index (χ2n) is 6.64. The topological polar surface area (TPSA) is 66.5 Å². The summed E-state index contributed by atoms with van der Waals surface area (Å²) in [5, 5.41) is 2.84. The van der Waals surface area contributed by atoms with E-state index in [2.05, 4.69) is 5.32 Å². The van der Waals surface area contributed by atoms with Gasteiger partial charge in [-0.15, -0.1) is 0 Å². The van der Waals surface area contributed by atoms with Crippen LogP contribution in [-0.4, -0.2) is 38.8 Å². The van der Waals surface area contributed by atoms with E-state index in [1.54, 1.807) is 0 Å². The zero-order chi connectivity index (χ0) is 18.8. The fraction of sp³-hybridized carbons (Fsp3) is 0.316. The molecule has 26 heavy (non-hydrogen) atoms. The number of likely N-dealkylation sites (N-methyl/N-ethyl adjacent to an activating group) is 1. The van der Waals surface area contributed by atoms with Gasteiger partial charge in [-0.3, -0.25) is 4.79 Å². The third-order valence-electron chi connectivity index (χ3n) is 4.75. The summed E-state index contributed by atoms with van der Waals surface area (Å²) in [7, 11) is -2.50. The SMILES string of the molecule is CN(CC(=O)NCC1(c2ccccc2)CC1)S(=O)(=O)c1ccc(F)cc1. The molecular formula is C19H21FN2O3S. The van der Waals surface area contributed by atoms with Gasteiger partial charge in [-0.1, -0.05) is 30.3 Å². The first-order valence-electron chi connectivity index (χ1n) is 8.38. The normalized spacial score (nSPS) is 15.7. The molecule has 0 spiro atoms. The van der Waals surface area contributed by atoms with Gasteiger partial charge >= 0.3 is 0 Å². The van der Waals surface area contributed by atoms with Crippen LogP contribution in [0.5, 0.6) is 0 Å². The average molecular weight is 376 g/mol. The van der Waals surface area contributed by atoms with Gasteiger partial charge in [0.25, 0.3) is 0 Å². The highest BCUT2D eigenvalue weighted by molar-refractivity contribution is 7.89. The molecular weight excluding hydrogens is 355 g/mol. The Morgan fingerprint density at radius 3 is 2.31 bits per heavy atom. The predicted molar refractivity (Wildman–Crippen MR) is 96.6 cm³/mol. The molecule has 0 unspecified atom stereocenters. The molecule has 0 atom stereocenters. The van der Waals surface area contributed by atoms with Crippen LogP contribution in [0.2, 0.25) is 0 Å². The Hall–Kier alpha value is -2.25. The third-order valence-corrected chi connectivity index (χ3v) is 6.57. The number of benzene rings is 2. The molecule has 0 aliphatic heterocycles. The summed E-state index contributed by atoms with van der Waals surface area (Å²) in [6.45, 7) is 0.199. The van der Waals surface area contributed by atoms with Gasteiger partial charge in [0.1, 0.15) is 5.82 Å². The summed E-state index contributed by atoms with van der Waals surface area (Å²) >= 11 is 0. The van der Waals surface area contributed by atoms with Crippen molar-refractivity contribution in [2.24, 2.45) is 0 Å². The summed E-state index contributed by atoms with van der Waals surface area (Å²) < 4.78 is 38.8. The Balaban J connectivity index is 1.59. The van der Waals surface area contributed by atoms with Gasteiger partial charge in [0, 0.05) is 19.0 Å². The van der Waals surface area contributed by atoms with Crippen LogP contribution < -0.4 is 5.32 Å². The van der Waals surface area contributed by atoms with Crippen molar-refractivity contribution in [3.05, 3.63) is 66.0 Å². The van der Waals surface area contributed by atoms with Crippen LogP contribution in [0.4, 0.5) is 4.39 Å². The minimum absolute atomic E-state index is 0.0364. The summed E-state index contributed by atoms with van der Waals surface area (Å²) in [5.41, 5.74) is 1.15. The number of rotatable bonds is 7. The molecule has 7 heteroatoms. The van der Waals surface area contributed by atoms with E-state index in [1.807, 2.05) is 30.3 Å². The van der Waals surface area contributed by atoms with Gasteiger partial charge in [0.05, 0.1) is 11.4 Å². The van der Waals surface area contributed by atoms with Crippen molar-refractivity contribution >= 4 is 15.9 Å². The molecule has 1 aliphatic rings. The monoisotopic (exact) mass is 376 g/mol. The summed E-state index contributed by atoms with van der Waals surface area (Å²) in [5.74, 6) is -0.875. The number of carbonyl (C=O) groups is 1. The number of hydrogen-bond donors (Lipinski definition) is 1. The number of carbonyl (C=O) groups excluding carboxylic acids is 1.